The lowest BCUT2D eigenvalue weighted by Crippen LogP contribution is -2.67. The summed E-state index contributed by atoms with van der Waals surface area (Å²) in [6.07, 6.45) is -17.0. The Bertz CT molecular complexity index is 659. The Morgan fingerprint density at radius 1 is 1.04 bits per heavy atom. The van der Waals surface area contributed by atoms with E-state index in [1.165, 1.54) is 0 Å². The molecule has 0 unspecified atom stereocenters. The van der Waals surface area contributed by atoms with Crippen LogP contribution in [-0.2, 0) is 33.6 Å². The van der Waals surface area contributed by atoms with E-state index in [1.807, 2.05) is 0 Å². The van der Waals surface area contributed by atoms with Crippen LogP contribution in [0.3, 0.4) is 0 Å². The number of carbonyl (C=O) groups is 1. The van der Waals surface area contributed by atoms with E-state index in [0.29, 0.717) is 0 Å². The first-order valence-electron chi connectivity index (χ1n) is 7.81. The molecule has 0 bridgehead atoms. The molecule has 2 saturated heterocycles. The van der Waals surface area contributed by atoms with Crippen LogP contribution < -0.4 is 5.73 Å². The van der Waals surface area contributed by atoms with Gasteiger partial charge in [0.25, 0.3) is 0 Å². The van der Waals surface area contributed by atoms with Gasteiger partial charge in [-0.15, -0.1) is 0 Å². The van der Waals surface area contributed by atoms with Crippen LogP contribution in [0, 0.1) is 0 Å². The van der Waals surface area contributed by atoms with Crippen molar-refractivity contribution in [2.75, 3.05) is 6.61 Å². The Morgan fingerprint density at radius 2 is 1.64 bits per heavy atom. The van der Waals surface area contributed by atoms with Crippen LogP contribution in [0.2, 0.25) is 0 Å². The molecule has 164 valence electrons. The molecule has 2 heterocycles. The molecule has 0 radical (unpaired) electrons. The summed E-state index contributed by atoms with van der Waals surface area (Å²) in [7, 11) is -5.14. The first-order valence-corrected chi connectivity index (χ1v) is 9.17. The van der Waals surface area contributed by atoms with Crippen molar-refractivity contribution in [2.24, 2.45) is 5.73 Å². The summed E-state index contributed by atoms with van der Waals surface area (Å²) < 4.78 is 50.5. The van der Waals surface area contributed by atoms with Gasteiger partial charge in [-0.1, -0.05) is 0 Å². The van der Waals surface area contributed by atoms with Gasteiger partial charge in [0.2, 0.25) is 0 Å². The molecule has 0 spiro atoms. The third-order valence-electron chi connectivity index (χ3n) is 4.23. The van der Waals surface area contributed by atoms with Crippen LogP contribution in [0.15, 0.2) is 0 Å². The van der Waals surface area contributed by atoms with E-state index in [2.05, 4.69) is 4.18 Å². The van der Waals surface area contributed by atoms with Crippen molar-refractivity contribution in [1.82, 2.24) is 0 Å². The lowest BCUT2D eigenvalue weighted by atomic mass is 9.96. The van der Waals surface area contributed by atoms with E-state index >= 15 is 0 Å². The molecular formula is C12H21NO14S. The van der Waals surface area contributed by atoms with Crippen molar-refractivity contribution in [3.63, 3.8) is 0 Å². The zero-order chi connectivity index (χ0) is 21.4. The van der Waals surface area contributed by atoms with Gasteiger partial charge < -0.3 is 50.6 Å². The van der Waals surface area contributed by atoms with E-state index in [4.69, 9.17) is 29.6 Å². The Morgan fingerprint density at radius 3 is 2.14 bits per heavy atom. The molecule has 0 aromatic carbocycles. The minimum atomic E-state index is -5.14. The number of ether oxygens (including phenoxy) is 3. The smallest absolute Gasteiger partial charge is 0.397 e. The second kappa shape index (κ2) is 8.78. The number of nitrogens with two attached hydrogens (primary N) is 1. The molecule has 0 aliphatic carbocycles. The topological polar surface area (TPSA) is 256 Å². The maximum atomic E-state index is 11.1. The fourth-order valence-electron chi connectivity index (χ4n) is 2.83. The van der Waals surface area contributed by atoms with Crippen molar-refractivity contribution in [2.45, 2.75) is 61.3 Å². The normalized spacial score (nSPS) is 45.0. The highest BCUT2D eigenvalue weighted by Crippen LogP contribution is 2.30. The summed E-state index contributed by atoms with van der Waals surface area (Å²) in [4.78, 5) is 11.1. The Kier molecular flexibility index (Phi) is 7.29. The molecule has 28 heavy (non-hydrogen) atoms. The van der Waals surface area contributed by atoms with Gasteiger partial charge in [-0.2, -0.15) is 8.42 Å². The van der Waals surface area contributed by atoms with Gasteiger partial charge in [0.15, 0.2) is 18.7 Å². The lowest BCUT2D eigenvalue weighted by molar-refractivity contribution is -0.337. The summed E-state index contributed by atoms with van der Waals surface area (Å²) in [6.45, 7) is -0.893. The van der Waals surface area contributed by atoms with Crippen LogP contribution >= 0.6 is 0 Å². The first-order chi connectivity index (χ1) is 12.9. The molecule has 0 saturated carbocycles. The molecule has 16 heteroatoms. The van der Waals surface area contributed by atoms with E-state index in [9.17, 15) is 38.7 Å². The Hall–Kier alpha value is -1.02. The minimum Gasteiger partial charge on any atom is -0.479 e. The molecule has 2 aliphatic rings. The maximum Gasteiger partial charge on any atom is 0.397 e. The quantitative estimate of drug-likeness (QED) is 0.181. The summed E-state index contributed by atoms with van der Waals surface area (Å²) >= 11 is 0. The van der Waals surface area contributed by atoms with Gasteiger partial charge in [0.1, 0.15) is 36.6 Å². The molecule has 15 nitrogen and oxygen atoms in total. The average Bonchev–Trinajstić information content (AvgIpc) is 2.59. The second-order valence-corrected chi connectivity index (χ2v) is 7.20. The number of carboxylic acid groups (broad SMARTS) is 1. The monoisotopic (exact) mass is 435 g/mol. The molecule has 2 rings (SSSR count). The lowest BCUT2D eigenvalue weighted by Gasteiger charge is -2.45. The number of carboxylic acids is 1. The van der Waals surface area contributed by atoms with Crippen molar-refractivity contribution in [1.29, 1.82) is 0 Å². The maximum absolute atomic E-state index is 11.1. The van der Waals surface area contributed by atoms with E-state index in [-0.39, 0.29) is 0 Å². The number of aliphatic hydroxyl groups is 5. The Labute approximate surface area is 157 Å². The third-order valence-corrected chi connectivity index (χ3v) is 4.70. The summed E-state index contributed by atoms with van der Waals surface area (Å²) in [5, 5.41) is 57.6. The van der Waals surface area contributed by atoms with E-state index < -0.39 is 84.3 Å². The molecule has 2 fully saturated rings. The molecule has 0 aromatic rings. The van der Waals surface area contributed by atoms with Gasteiger partial charge in [-0.3, -0.25) is 4.55 Å². The molecule has 9 N–H and O–H groups in total. The van der Waals surface area contributed by atoms with Gasteiger partial charge in [-0.05, 0) is 0 Å². The number of aliphatic carboxylic acids is 1. The van der Waals surface area contributed by atoms with Crippen molar-refractivity contribution in [3.8, 4) is 0 Å². The second-order valence-electron chi connectivity index (χ2n) is 6.15. The van der Waals surface area contributed by atoms with Gasteiger partial charge in [-0.25, -0.2) is 8.98 Å². The predicted molar refractivity (Wildman–Crippen MR) is 81.6 cm³/mol. The molecular weight excluding hydrogens is 414 g/mol. The van der Waals surface area contributed by atoms with Crippen molar-refractivity contribution in [3.05, 3.63) is 0 Å². The van der Waals surface area contributed by atoms with Crippen molar-refractivity contribution < 1.29 is 66.8 Å². The fraction of sp³-hybridized carbons (Fsp3) is 0.917. The van der Waals surface area contributed by atoms with Gasteiger partial charge >= 0.3 is 16.4 Å². The summed E-state index contributed by atoms with van der Waals surface area (Å²) in [5.41, 5.74) is 5.58. The van der Waals surface area contributed by atoms with Crippen LogP contribution in [0.5, 0.6) is 0 Å². The number of hydrogen-bond donors (Lipinski definition) is 8. The highest BCUT2D eigenvalue weighted by Gasteiger charge is 2.52. The van der Waals surface area contributed by atoms with E-state index in [0.717, 1.165) is 0 Å². The highest BCUT2D eigenvalue weighted by molar-refractivity contribution is 7.80. The first kappa shape index (κ1) is 23.3. The Balaban J connectivity index is 2.30. The standard InChI is InChI=1S/C12H21NO14S/c13-3-8(27-28(21,22)23)7(2(1-14)24-11(3)20)25-12-6(17)4(15)5(16)9(26-12)10(18)19/h2-9,11-12,14-17,20H,1,13H2,(H,18,19)(H,21,22,23)/t2-,3-,4+,5+,6-,7-,8-,9-,11+,12-/m1/s1. The molecule has 0 aromatic heterocycles. The zero-order valence-electron chi connectivity index (χ0n) is 14.0. The number of hydrogen-bond acceptors (Lipinski definition) is 13. The van der Waals surface area contributed by atoms with Gasteiger partial charge in [0.05, 0.1) is 12.6 Å². The SMILES string of the molecule is N[C@@H]1[C@@H](OS(=O)(=O)O)[C@H](O[C@@H]2O[C@@H](C(=O)O)[C@@H](O)[C@H](O)[C@H]2O)[C@@H](CO)O[C@@H]1O. The van der Waals surface area contributed by atoms with Crippen LogP contribution in [0.1, 0.15) is 0 Å². The predicted octanol–water partition coefficient (Wildman–Crippen LogP) is -5.51. The average molecular weight is 435 g/mol. The molecule has 10 atom stereocenters. The zero-order valence-corrected chi connectivity index (χ0v) is 14.8. The van der Waals surface area contributed by atoms with Crippen LogP contribution in [0.25, 0.3) is 0 Å². The van der Waals surface area contributed by atoms with Crippen LogP contribution in [0.4, 0.5) is 0 Å². The molecule has 0 amide bonds. The minimum absolute atomic E-state index is 0.893. The van der Waals surface area contributed by atoms with Crippen LogP contribution in [-0.4, -0.2) is 118 Å². The van der Waals surface area contributed by atoms with E-state index in [1.54, 1.807) is 0 Å². The fourth-order valence-corrected chi connectivity index (χ4v) is 3.35. The van der Waals surface area contributed by atoms with Gasteiger partial charge in [0, 0.05) is 0 Å². The van der Waals surface area contributed by atoms with Crippen molar-refractivity contribution >= 4 is 16.4 Å². The number of aliphatic hydroxyl groups excluding tert-OH is 5. The largest absolute Gasteiger partial charge is 0.479 e. The third kappa shape index (κ3) is 4.93. The summed E-state index contributed by atoms with van der Waals surface area (Å²) in [6, 6.07) is -1.64. The number of rotatable bonds is 6. The molecule has 2 aliphatic heterocycles. The summed E-state index contributed by atoms with van der Waals surface area (Å²) in [5.74, 6) is -1.71. The highest BCUT2D eigenvalue weighted by atomic mass is 32.3.